The maximum Gasteiger partial charge on any atom is 0.573 e. The van der Waals surface area contributed by atoms with E-state index < -0.39 is 6.36 Å². The molecule has 1 aromatic heterocycles. The number of ether oxygens (including phenoxy) is 2. The van der Waals surface area contributed by atoms with E-state index in [1.54, 1.807) is 12.3 Å². The highest BCUT2D eigenvalue weighted by molar-refractivity contribution is 5.90. The van der Waals surface area contributed by atoms with Gasteiger partial charge in [-0.05, 0) is 48.5 Å². The molecule has 3 aromatic rings. The Morgan fingerprint density at radius 2 is 1.66 bits per heavy atom. The van der Waals surface area contributed by atoms with Crippen molar-refractivity contribution in [2.24, 2.45) is 0 Å². The number of phenols is 1. The number of rotatable bonds is 4. The summed E-state index contributed by atoms with van der Waals surface area (Å²) in [6, 6.07) is 12.8. The monoisotopic (exact) mass is 404 g/mol. The third-order valence-electron chi connectivity index (χ3n) is 4.88. The van der Waals surface area contributed by atoms with E-state index in [-0.39, 0.29) is 17.6 Å². The summed E-state index contributed by atoms with van der Waals surface area (Å²) in [4.78, 5) is 6.34. The van der Waals surface area contributed by atoms with Gasteiger partial charge in [-0.15, -0.1) is 13.2 Å². The van der Waals surface area contributed by atoms with Crippen molar-refractivity contribution in [1.82, 2.24) is 4.98 Å². The summed E-state index contributed by atoms with van der Waals surface area (Å²) in [7, 11) is 0. The Bertz CT molecular complexity index is 985. The number of alkyl halides is 3. The number of phenolic OH excluding ortho intramolecular Hbond substituents is 1. The number of nitrogens with zero attached hydrogens (tertiary/aromatic N) is 2. The van der Waals surface area contributed by atoms with Crippen molar-refractivity contribution in [3.05, 3.63) is 54.7 Å². The normalized spacial score (nSPS) is 15.5. The minimum absolute atomic E-state index is 0.0510. The number of hydrogen-bond acceptors (Lipinski definition) is 5. The molecule has 1 aliphatic rings. The lowest BCUT2D eigenvalue weighted by Gasteiger charge is -2.34. The lowest BCUT2D eigenvalue weighted by molar-refractivity contribution is -0.274. The van der Waals surface area contributed by atoms with Crippen LogP contribution in [0.3, 0.4) is 0 Å². The standard InChI is InChI=1S/C21H19F3N2O3/c22-21(23,24)29-16-5-3-14(4-6-16)28-15-9-12-26(13-10-15)19-8-7-18-17(20(19)27)2-1-11-25-18/h1-8,11,15,27H,9-10,12-13H2. The summed E-state index contributed by atoms with van der Waals surface area (Å²) in [5.41, 5.74) is 1.50. The van der Waals surface area contributed by atoms with Crippen molar-refractivity contribution in [1.29, 1.82) is 0 Å². The molecule has 5 nitrogen and oxygen atoms in total. The first-order valence-electron chi connectivity index (χ1n) is 9.23. The van der Waals surface area contributed by atoms with Crippen molar-refractivity contribution >= 4 is 16.6 Å². The highest BCUT2D eigenvalue weighted by Gasteiger charge is 2.31. The molecule has 0 bridgehead atoms. The van der Waals surface area contributed by atoms with E-state index in [4.69, 9.17) is 4.74 Å². The Morgan fingerprint density at radius 3 is 2.34 bits per heavy atom. The zero-order chi connectivity index (χ0) is 20.4. The predicted octanol–water partition coefficient (Wildman–Crippen LogP) is 4.89. The topological polar surface area (TPSA) is 54.8 Å². The zero-order valence-electron chi connectivity index (χ0n) is 15.4. The first-order valence-corrected chi connectivity index (χ1v) is 9.23. The average Bonchev–Trinajstić information content (AvgIpc) is 2.70. The molecule has 1 N–H and O–H groups in total. The van der Waals surface area contributed by atoms with Gasteiger partial charge in [0, 0.05) is 37.5 Å². The molecule has 1 aliphatic heterocycles. The van der Waals surface area contributed by atoms with Crippen LogP contribution in [0.15, 0.2) is 54.7 Å². The van der Waals surface area contributed by atoms with Crippen molar-refractivity contribution in [3.8, 4) is 17.2 Å². The number of fused-ring (bicyclic) bond motifs is 1. The van der Waals surface area contributed by atoms with Gasteiger partial charge in [-0.1, -0.05) is 0 Å². The smallest absolute Gasteiger partial charge is 0.505 e. The van der Waals surface area contributed by atoms with Gasteiger partial charge in [0.15, 0.2) is 0 Å². The number of aromatic nitrogens is 1. The fraction of sp³-hybridized carbons (Fsp3) is 0.286. The molecule has 2 aromatic carbocycles. The molecule has 8 heteroatoms. The summed E-state index contributed by atoms with van der Waals surface area (Å²) in [5, 5.41) is 11.3. The van der Waals surface area contributed by atoms with Gasteiger partial charge in [-0.25, -0.2) is 0 Å². The Morgan fingerprint density at radius 1 is 0.966 bits per heavy atom. The van der Waals surface area contributed by atoms with Crippen LogP contribution >= 0.6 is 0 Å². The van der Waals surface area contributed by atoms with Gasteiger partial charge in [-0.2, -0.15) is 0 Å². The number of piperidine rings is 1. The van der Waals surface area contributed by atoms with E-state index in [0.717, 1.165) is 24.0 Å². The second-order valence-corrected chi connectivity index (χ2v) is 6.83. The third-order valence-corrected chi connectivity index (χ3v) is 4.88. The van der Waals surface area contributed by atoms with Gasteiger partial charge in [0.05, 0.1) is 11.2 Å². The molecule has 0 aliphatic carbocycles. The zero-order valence-corrected chi connectivity index (χ0v) is 15.4. The first-order chi connectivity index (χ1) is 13.9. The number of hydrogen-bond donors (Lipinski definition) is 1. The molecular formula is C21H19F3N2O3. The van der Waals surface area contributed by atoms with E-state index in [1.165, 1.54) is 24.3 Å². The Labute approximate surface area is 165 Å². The molecule has 0 unspecified atom stereocenters. The lowest BCUT2D eigenvalue weighted by atomic mass is 10.1. The molecule has 0 amide bonds. The van der Waals surface area contributed by atoms with E-state index in [1.807, 2.05) is 18.2 Å². The molecule has 0 saturated carbocycles. The van der Waals surface area contributed by atoms with Crippen molar-refractivity contribution in [2.45, 2.75) is 25.3 Å². The number of pyridine rings is 1. The van der Waals surface area contributed by atoms with E-state index in [9.17, 15) is 18.3 Å². The van der Waals surface area contributed by atoms with Crippen LogP contribution in [0, 0.1) is 0 Å². The number of halogens is 3. The Hall–Kier alpha value is -3.16. The molecule has 4 rings (SSSR count). The molecule has 29 heavy (non-hydrogen) atoms. The van der Waals surface area contributed by atoms with E-state index in [2.05, 4.69) is 14.6 Å². The van der Waals surface area contributed by atoms with Gasteiger partial charge in [0.2, 0.25) is 0 Å². The fourth-order valence-corrected chi connectivity index (χ4v) is 3.51. The van der Waals surface area contributed by atoms with Crippen LogP contribution in [0.1, 0.15) is 12.8 Å². The predicted molar refractivity (Wildman–Crippen MR) is 102 cm³/mol. The summed E-state index contributed by atoms with van der Waals surface area (Å²) < 4.78 is 46.4. The fourth-order valence-electron chi connectivity index (χ4n) is 3.51. The van der Waals surface area contributed by atoms with Gasteiger partial charge >= 0.3 is 6.36 Å². The lowest BCUT2D eigenvalue weighted by Crippen LogP contribution is -2.38. The van der Waals surface area contributed by atoms with Crippen molar-refractivity contribution in [2.75, 3.05) is 18.0 Å². The van der Waals surface area contributed by atoms with Crippen LogP contribution in [-0.2, 0) is 0 Å². The molecule has 0 radical (unpaired) electrons. The molecule has 0 atom stereocenters. The molecule has 2 heterocycles. The van der Waals surface area contributed by atoms with Crippen LogP contribution < -0.4 is 14.4 Å². The average molecular weight is 404 g/mol. The summed E-state index contributed by atoms with van der Waals surface area (Å²) in [6.45, 7) is 1.39. The highest BCUT2D eigenvalue weighted by atomic mass is 19.4. The van der Waals surface area contributed by atoms with E-state index in [0.29, 0.717) is 24.2 Å². The number of aromatic hydroxyl groups is 1. The van der Waals surface area contributed by atoms with Crippen molar-refractivity contribution < 1.29 is 27.8 Å². The second kappa shape index (κ2) is 7.69. The largest absolute Gasteiger partial charge is 0.573 e. The Kier molecular flexibility index (Phi) is 5.08. The first kappa shape index (κ1) is 19.2. The number of benzene rings is 2. The minimum atomic E-state index is -4.71. The molecule has 152 valence electrons. The van der Waals surface area contributed by atoms with Gasteiger partial charge in [0.25, 0.3) is 0 Å². The van der Waals surface area contributed by atoms with Crippen LogP contribution in [0.4, 0.5) is 18.9 Å². The highest BCUT2D eigenvalue weighted by Crippen LogP contribution is 2.36. The second-order valence-electron chi connectivity index (χ2n) is 6.83. The van der Waals surface area contributed by atoms with Crippen molar-refractivity contribution in [3.63, 3.8) is 0 Å². The third kappa shape index (κ3) is 4.47. The van der Waals surface area contributed by atoms with Gasteiger partial charge in [0.1, 0.15) is 23.4 Å². The molecule has 0 spiro atoms. The summed E-state index contributed by atoms with van der Waals surface area (Å²) in [6.07, 6.45) is -1.62. The summed E-state index contributed by atoms with van der Waals surface area (Å²) in [5.74, 6) is 0.439. The number of anilines is 1. The quantitative estimate of drug-likeness (QED) is 0.671. The molecule has 1 fully saturated rings. The van der Waals surface area contributed by atoms with Crippen LogP contribution in [0.5, 0.6) is 17.2 Å². The maximum absolute atomic E-state index is 12.2. The summed E-state index contributed by atoms with van der Waals surface area (Å²) >= 11 is 0. The Balaban J connectivity index is 1.37. The van der Waals surface area contributed by atoms with Crippen LogP contribution in [0.2, 0.25) is 0 Å². The van der Waals surface area contributed by atoms with Crippen LogP contribution in [-0.4, -0.2) is 35.6 Å². The SMILES string of the molecule is Oc1c(N2CCC(Oc3ccc(OC(F)(F)F)cc3)CC2)ccc2ncccc12. The molecular weight excluding hydrogens is 385 g/mol. The molecule has 1 saturated heterocycles. The van der Waals surface area contributed by atoms with Gasteiger partial charge < -0.3 is 19.5 Å². The van der Waals surface area contributed by atoms with Gasteiger partial charge in [-0.3, -0.25) is 4.98 Å². The maximum atomic E-state index is 12.2. The minimum Gasteiger partial charge on any atom is -0.505 e. The van der Waals surface area contributed by atoms with E-state index >= 15 is 0 Å². The van der Waals surface area contributed by atoms with Crippen LogP contribution in [0.25, 0.3) is 10.9 Å².